The highest BCUT2D eigenvalue weighted by atomic mass is 35.5. The van der Waals surface area contributed by atoms with E-state index in [2.05, 4.69) is 12.6 Å². The first-order valence-corrected chi connectivity index (χ1v) is 5.96. The fourth-order valence-electron chi connectivity index (χ4n) is 1.41. The maximum Gasteiger partial charge on any atom is 0.127 e. The van der Waals surface area contributed by atoms with Crippen molar-refractivity contribution in [2.45, 2.75) is 10.8 Å². The van der Waals surface area contributed by atoms with Crippen molar-refractivity contribution in [1.82, 2.24) is 0 Å². The molecule has 0 saturated carbocycles. The van der Waals surface area contributed by atoms with Gasteiger partial charge in [0.15, 0.2) is 0 Å². The molecule has 2 rings (SSSR count). The van der Waals surface area contributed by atoms with Crippen LogP contribution in [0.4, 0.5) is 0 Å². The van der Waals surface area contributed by atoms with Crippen molar-refractivity contribution < 1.29 is 4.74 Å². The van der Waals surface area contributed by atoms with Gasteiger partial charge in [-0.05, 0) is 23.1 Å². The van der Waals surface area contributed by atoms with Crippen molar-refractivity contribution in [3.8, 4) is 5.75 Å². The van der Waals surface area contributed by atoms with Crippen LogP contribution in [0.3, 0.4) is 0 Å². The summed E-state index contributed by atoms with van der Waals surface area (Å²) in [5.74, 6) is 1.33. The van der Waals surface area contributed by atoms with E-state index >= 15 is 0 Å². The lowest BCUT2D eigenvalue weighted by Gasteiger charge is -2.07. The molecule has 0 amide bonds. The largest absolute Gasteiger partial charge is 0.496 e. The molecule has 0 bridgehead atoms. The topological polar surface area (TPSA) is 9.23 Å². The van der Waals surface area contributed by atoms with E-state index in [1.165, 1.54) is 0 Å². The quantitative estimate of drug-likeness (QED) is 0.622. The normalized spacial score (nSPS) is 10.8. The van der Waals surface area contributed by atoms with Crippen LogP contribution in [0, 0.1) is 0 Å². The first-order valence-electron chi connectivity index (χ1n) is 4.10. The second kappa shape index (κ2) is 4.01. The Hall–Kier alpha value is -0.380. The fraction of sp³-hybridized carbons (Fsp3) is 0.200. The third-order valence-electron chi connectivity index (χ3n) is 2.12. The molecule has 0 aliphatic heterocycles. The summed E-state index contributed by atoms with van der Waals surface area (Å²) >= 11 is 12.0. The van der Waals surface area contributed by atoms with Gasteiger partial charge in [0.1, 0.15) is 5.75 Å². The Balaban J connectivity index is 2.80. The van der Waals surface area contributed by atoms with E-state index in [1.54, 1.807) is 18.4 Å². The number of benzene rings is 1. The molecule has 0 saturated heterocycles. The van der Waals surface area contributed by atoms with Gasteiger partial charge in [-0.25, -0.2) is 0 Å². The molecule has 1 aromatic carbocycles. The molecule has 0 atom stereocenters. The summed E-state index contributed by atoms with van der Waals surface area (Å²) in [5, 5.41) is 3.14. The van der Waals surface area contributed by atoms with E-state index in [4.69, 9.17) is 16.3 Å². The van der Waals surface area contributed by atoms with Gasteiger partial charge in [-0.1, -0.05) is 0 Å². The summed E-state index contributed by atoms with van der Waals surface area (Å²) < 4.78 is 6.44. The molecule has 0 aliphatic carbocycles. The highest BCUT2D eigenvalue weighted by Crippen LogP contribution is 2.37. The summed E-state index contributed by atoms with van der Waals surface area (Å²) in [5.41, 5.74) is 1.02. The van der Waals surface area contributed by atoms with E-state index in [0.29, 0.717) is 5.88 Å². The van der Waals surface area contributed by atoms with Gasteiger partial charge in [0.25, 0.3) is 0 Å². The van der Waals surface area contributed by atoms with Crippen LogP contribution in [0.1, 0.15) is 5.56 Å². The molecule has 1 heterocycles. The Morgan fingerprint density at radius 2 is 2.36 bits per heavy atom. The van der Waals surface area contributed by atoms with Crippen LogP contribution in [0.2, 0.25) is 0 Å². The van der Waals surface area contributed by atoms with E-state index in [0.717, 1.165) is 26.3 Å². The third kappa shape index (κ3) is 1.49. The molecule has 14 heavy (non-hydrogen) atoms. The van der Waals surface area contributed by atoms with E-state index in [1.807, 2.05) is 17.5 Å². The molecule has 4 heteroatoms. The molecule has 1 aromatic heterocycles. The summed E-state index contributed by atoms with van der Waals surface area (Å²) in [4.78, 5) is 0.964. The molecular formula is C10H9ClOS2. The molecule has 74 valence electrons. The monoisotopic (exact) mass is 244 g/mol. The number of halogens is 1. The fourth-order valence-corrected chi connectivity index (χ4v) is 3.01. The van der Waals surface area contributed by atoms with Crippen LogP contribution in [0.5, 0.6) is 5.75 Å². The summed E-state index contributed by atoms with van der Waals surface area (Å²) in [6, 6.07) is 3.99. The molecular weight excluding hydrogens is 236 g/mol. The van der Waals surface area contributed by atoms with Gasteiger partial charge in [-0.15, -0.1) is 35.6 Å². The Labute approximate surface area is 97.1 Å². The summed E-state index contributed by atoms with van der Waals surface area (Å²) in [6.07, 6.45) is 0. The van der Waals surface area contributed by atoms with E-state index in [-0.39, 0.29) is 0 Å². The smallest absolute Gasteiger partial charge is 0.127 e. The Morgan fingerprint density at radius 1 is 1.57 bits per heavy atom. The van der Waals surface area contributed by atoms with Gasteiger partial charge in [-0.2, -0.15) is 0 Å². The summed E-state index contributed by atoms with van der Waals surface area (Å²) in [6.45, 7) is 0. The van der Waals surface area contributed by atoms with Crippen LogP contribution < -0.4 is 4.74 Å². The minimum Gasteiger partial charge on any atom is -0.496 e. The number of thiol groups is 1. The van der Waals surface area contributed by atoms with Crippen molar-refractivity contribution in [3.05, 3.63) is 23.1 Å². The molecule has 2 aromatic rings. The Kier molecular flexibility index (Phi) is 2.91. The lowest BCUT2D eigenvalue weighted by molar-refractivity contribution is 0.419. The molecule has 0 N–H and O–H groups in total. The zero-order chi connectivity index (χ0) is 10.1. The average Bonchev–Trinajstić information content (AvgIpc) is 2.68. The summed E-state index contributed by atoms with van der Waals surface area (Å²) in [7, 11) is 1.67. The van der Waals surface area contributed by atoms with Crippen LogP contribution in [0.15, 0.2) is 22.4 Å². The molecule has 0 radical (unpaired) electrons. The second-order valence-corrected chi connectivity index (χ2v) is 4.51. The number of ether oxygens (including phenoxy) is 1. The lowest BCUT2D eigenvalue weighted by atomic mass is 10.2. The van der Waals surface area contributed by atoms with Crippen LogP contribution in [-0.2, 0) is 5.88 Å². The molecule has 0 fully saturated rings. The van der Waals surface area contributed by atoms with Crippen LogP contribution in [-0.4, -0.2) is 7.11 Å². The maximum atomic E-state index is 5.83. The number of thiophene rings is 1. The molecule has 0 unspecified atom stereocenters. The SMILES string of the molecule is COc1cc(CCl)c(S)c2sccc12. The van der Waals surface area contributed by atoms with Gasteiger partial charge in [0, 0.05) is 16.2 Å². The first kappa shape index (κ1) is 10.1. The van der Waals surface area contributed by atoms with Gasteiger partial charge < -0.3 is 4.74 Å². The van der Waals surface area contributed by atoms with Crippen molar-refractivity contribution in [1.29, 1.82) is 0 Å². The minimum absolute atomic E-state index is 0.461. The standard InChI is InChI=1S/C10H9ClOS2/c1-12-8-4-6(5-11)9(13)10-7(8)2-3-14-10/h2-4,13H,5H2,1H3. The maximum absolute atomic E-state index is 5.83. The Morgan fingerprint density at radius 3 is 3.00 bits per heavy atom. The van der Waals surface area contributed by atoms with Crippen molar-refractivity contribution in [2.24, 2.45) is 0 Å². The van der Waals surface area contributed by atoms with Gasteiger partial charge in [0.05, 0.1) is 11.8 Å². The lowest BCUT2D eigenvalue weighted by Crippen LogP contribution is -1.88. The second-order valence-electron chi connectivity index (χ2n) is 2.88. The average molecular weight is 245 g/mol. The van der Waals surface area contributed by atoms with Gasteiger partial charge in [-0.3, -0.25) is 0 Å². The predicted octanol–water partition coefficient (Wildman–Crippen LogP) is 3.94. The number of methoxy groups -OCH3 is 1. The van der Waals surface area contributed by atoms with E-state index in [9.17, 15) is 0 Å². The number of alkyl halides is 1. The van der Waals surface area contributed by atoms with Crippen molar-refractivity contribution in [3.63, 3.8) is 0 Å². The van der Waals surface area contributed by atoms with Crippen LogP contribution in [0.25, 0.3) is 10.1 Å². The molecule has 1 nitrogen and oxygen atoms in total. The zero-order valence-corrected chi connectivity index (χ0v) is 10.0. The number of hydrogen-bond acceptors (Lipinski definition) is 3. The third-order valence-corrected chi connectivity index (χ3v) is 4.00. The van der Waals surface area contributed by atoms with Crippen molar-refractivity contribution >= 4 is 45.7 Å². The number of rotatable bonds is 2. The van der Waals surface area contributed by atoms with Crippen LogP contribution >= 0.6 is 35.6 Å². The highest BCUT2D eigenvalue weighted by Gasteiger charge is 2.10. The van der Waals surface area contributed by atoms with Gasteiger partial charge >= 0.3 is 0 Å². The van der Waals surface area contributed by atoms with Crippen molar-refractivity contribution in [2.75, 3.05) is 7.11 Å². The highest BCUT2D eigenvalue weighted by molar-refractivity contribution is 7.80. The van der Waals surface area contributed by atoms with E-state index < -0.39 is 0 Å². The number of fused-ring (bicyclic) bond motifs is 1. The minimum atomic E-state index is 0.461. The first-order chi connectivity index (χ1) is 6.77. The number of hydrogen-bond donors (Lipinski definition) is 1. The molecule has 0 aliphatic rings. The van der Waals surface area contributed by atoms with Gasteiger partial charge in [0.2, 0.25) is 0 Å². The zero-order valence-electron chi connectivity index (χ0n) is 7.58. The Bertz CT molecular complexity index is 464. The predicted molar refractivity (Wildman–Crippen MR) is 65.2 cm³/mol. The molecule has 0 spiro atoms.